The molecule has 2 heteroatoms. The second-order valence-corrected chi connectivity index (χ2v) is 7.25. The summed E-state index contributed by atoms with van der Waals surface area (Å²) in [6.07, 6.45) is 15.2. The van der Waals surface area contributed by atoms with Gasteiger partial charge in [-0.1, -0.05) is 78.6 Å². The first-order valence-electron chi connectivity index (χ1n) is 10.0. The molecule has 1 atom stereocenters. The number of rotatable bonds is 16. The van der Waals surface area contributed by atoms with Crippen molar-refractivity contribution < 1.29 is 0 Å². The summed E-state index contributed by atoms with van der Waals surface area (Å²) in [5, 5.41) is 3.47. The van der Waals surface area contributed by atoms with Crippen molar-refractivity contribution in [3.8, 4) is 0 Å². The molecule has 0 aromatic carbocycles. The number of hydrogen-bond acceptors (Lipinski definition) is 2. The molecule has 0 heterocycles. The summed E-state index contributed by atoms with van der Waals surface area (Å²) in [6, 6.07) is 0. The fourth-order valence-corrected chi connectivity index (χ4v) is 3.24. The summed E-state index contributed by atoms with van der Waals surface area (Å²) in [6.45, 7) is 12.7. The highest BCUT2D eigenvalue weighted by Crippen LogP contribution is 2.28. The minimum Gasteiger partial charge on any atom is -0.316 e. The average Bonchev–Trinajstić information content (AvgIpc) is 2.51. The Bertz CT molecular complexity index is 230. The lowest BCUT2D eigenvalue weighted by Gasteiger charge is -2.40. The summed E-state index contributed by atoms with van der Waals surface area (Å²) >= 11 is 0. The summed E-state index contributed by atoms with van der Waals surface area (Å²) in [7, 11) is 2.34. The van der Waals surface area contributed by atoms with E-state index in [9.17, 15) is 0 Å². The van der Waals surface area contributed by atoms with Crippen LogP contribution in [0.4, 0.5) is 0 Å². The Balaban J connectivity index is 4.25. The average molecular weight is 313 g/mol. The second-order valence-electron chi connectivity index (χ2n) is 7.25. The molecular formula is C20H44N2. The Kier molecular flexibility index (Phi) is 14.5. The topological polar surface area (TPSA) is 15.3 Å². The van der Waals surface area contributed by atoms with Crippen LogP contribution in [-0.2, 0) is 0 Å². The van der Waals surface area contributed by atoms with E-state index in [1.165, 1.54) is 77.2 Å². The van der Waals surface area contributed by atoms with E-state index in [2.05, 4.69) is 45.0 Å². The maximum Gasteiger partial charge on any atom is 0.0178 e. The molecule has 0 aliphatic carbocycles. The molecule has 2 nitrogen and oxygen atoms in total. The summed E-state index contributed by atoms with van der Waals surface area (Å²) < 4.78 is 0. The SMILES string of the molecule is CCCCCCCC(C)(CCCCCC)N(C)CCNCC. The van der Waals surface area contributed by atoms with Crippen molar-refractivity contribution in [1.82, 2.24) is 10.2 Å². The zero-order valence-electron chi connectivity index (χ0n) is 16.3. The van der Waals surface area contributed by atoms with E-state index in [-0.39, 0.29) is 0 Å². The number of unbranched alkanes of at least 4 members (excludes halogenated alkanes) is 7. The molecule has 0 radical (unpaired) electrons. The van der Waals surface area contributed by atoms with Crippen LogP contribution >= 0.6 is 0 Å². The third kappa shape index (κ3) is 10.6. The maximum atomic E-state index is 3.47. The van der Waals surface area contributed by atoms with Gasteiger partial charge in [0.2, 0.25) is 0 Å². The summed E-state index contributed by atoms with van der Waals surface area (Å²) in [4.78, 5) is 2.63. The predicted molar refractivity (Wildman–Crippen MR) is 102 cm³/mol. The fraction of sp³-hybridized carbons (Fsp3) is 1.00. The van der Waals surface area contributed by atoms with Crippen LogP contribution in [0.1, 0.15) is 98.3 Å². The van der Waals surface area contributed by atoms with Crippen molar-refractivity contribution in [1.29, 1.82) is 0 Å². The highest BCUT2D eigenvalue weighted by molar-refractivity contribution is 4.84. The van der Waals surface area contributed by atoms with Gasteiger partial charge in [-0.3, -0.25) is 4.90 Å². The molecule has 0 aliphatic rings. The van der Waals surface area contributed by atoms with Crippen molar-refractivity contribution >= 4 is 0 Å². The van der Waals surface area contributed by atoms with E-state index in [4.69, 9.17) is 0 Å². The predicted octanol–water partition coefficient (Wildman–Crippen LogP) is 5.62. The largest absolute Gasteiger partial charge is 0.316 e. The molecule has 0 rings (SSSR count). The molecular weight excluding hydrogens is 268 g/mol. The first-order chi connectivity index (χ1) is 10.6. The molecule has 0 saturated heterocycles. The maximum absolute atomic E-state index is 3.47. The Morgan fingerprint density at radius 1 is 0.773 bits per heavy atom. The smallest absolute Gasteiger partial charge is 0.0178 e. The van der Waals surface area contributed by atoms with E-state index in [1.807, 2.05) is 0 Å². The van der Waals surface area contributed by atoms with Crippen molar-refractivity contribution in [2.24, 2.45) is 0 Å². The van der Waals surface area contributed by atoms with E-state index < -0.39 is 0 Å². The lowest BCUT2D eigenvalue weighted by Crippen LogP contribution is -2.46. The van der Waals surface area contributed by atoms with Crippen LogP contribution in [0.3, 0.4) is 0 Å². The van der Waals surface area contributed by atoms with Crippen LogP contribution < -0.4 is 5.32 Å². The van der Waals surface area contributed by atoms with Crippen LogP contribution in [0.15, 0.2) is 0 Å². The number of nitrogens with one attached hydrogen (secondary N) is 1. The number of hydrogen-bond donors (Lipinski definition) is 1. The normalized spacial score (nSPS) is 14.5. The molecule has 1 N–H and O–H groups in total. The zero-order chi connectivity index (χ0) is 16.7. The molecule has 0 aliphatic heterocycles. The van der Waals surface area contributed by atoms with Gasteiger partial charge in [0.15, 0.2) is 0 Å². The lowest BCUT2D eigenvalue weighted by atomic mass is 9.86. The van der Waals surface area contributed by atoms with Gasteiger partial charge in [-0.2, -0.15) is 0 Å². The Morgan fingerprint density at radius 2 is 1.27 bits per heavy atom. The highest BCUT2D eigenvalue weighted by atomic mass is 15.2. The Labute approximate surface area is 141 Å². The summed E-state index contributed by atoms with van der Waals surface area (Å²) in [5.74, 6) is 0. The molecule has 0 amide bonds. The second kappa shape index (κ2) is 14.5. The minimum absolute atomic E-state index is 0.398. The quantitative estimate of drug-likeness (QED) is 0.372. The van der Waals surface area contributed by atoms with Gasteiger partial charge in [-0.05, 0) is 33.4 Å². The van der Waals surface area contributed by atoms with Crippen molar-refractivity contribution in [3.63, 3.8) is 0 Å². The van der Waals surface area contributed by atoms with Crippen LogP contribution in [0.25, 0.3) is 0 Å². The van der Waals surface area contributed by atoms with Crippen molar-refractivity contribution in [3.05, 3.63) is 0 Å². The van der Waals surface area contributed by atoms with Crippen LogP contribution in [-0.4, -0.2) is 37.1 Å². The first kappa shape index (κ1) is 21.9. The van der Waals surface area contributed by atoms with Crippen LogP contribution in [0.2, 0.25) is 0 Å². The lowest BCUT2D eigenvalue weighted by molar-refractivity contribution is 0.110. The van der Waals surface area contributed by atoms with E-state index in [1.54, 1.807) is 0 Å². The molecule has 0 spiro atoms. The van der Waals surface area contributed by atoms with Crippen molar-refractivity contribution in [2.45, 2.75) is 104 Å². The van der Waals surface area contributed by atoms with Gasteiger partial charge in [0, 0.05) is 18.6 Å². The molecule has 0 saturated carbocycles. The van der Waals surface area contributed by atoms with Crippen LogP contribution in [0, 0.1) is 0 Å². The zero-order valence-corrected chi connectivity index (χ0v) is 16.3. The molecule has 134 valence electrons. The molecule has 1 unspecified atom stereocenters. The van der Waals surface area contributed by atoms with Crippen molar-refractivity contribution in [2.75, 3.05) is 26.7 Å². The van der Waals surface area contributed by atoms with Gasteiger partial charge in [0.05, 0.1) is 0 Å². The molecule has 0 aromatic heterocycles. The van der Waals surface area contributed by atoms with Gasteiger partial charge in [-0.25, -0.2) is 0 Å². The molecule has 0 aromatic rings. The number of nitrogens with zero attached hydrogens (tertiary/aromatic N) is 1. The third-order valence-corrected chi connectivity index (χ3v) is 5.18. The van der Waals surface area contributed by atoms with Crippen LogP contribution in [0.5, 0.6) is 0 Å². The molecule has 0 bridgehead atoms. The molecule has 0 fully saturated rings. The van der Waals surface area contributed by atoms with Gasteiger partial charge in [0.1, 0.15) is 0 Å². The Hall–Kier alpha value is -0.0800. The van der Waals surface area contributed by atoms with E-state index >= 15 is 0 Å². The molecule has 22 heavy (non-hydrogen) atoms. The Morgan fingerprint density at radius 3 is 1.77 bits per heavy atom. The standard InChI is InChI=1S/C20H44N2/c1-6-9-11-13-15-17-20(4,16-14-12-10-7-2)22(5)19-18-21-8-3/h21H,6-19H2,1-5H3. The van der Waals surface area contributed by atoms with E-state index in [0.29, 0.717) is 5.54 Å². The fourth-order valence-electron chi connectivity index (χ4n) is 3.24. The van der Waals surface area contributed by atoms with Gasteiger partial charge in [0.25, 0.3) is 0 Å². The van der Waals surface area contributed by atoms with Gasteiger partial charge < -0.3 is 5.32 Å². The van der Waals surface area contributed by atoms with Gasteiger partial charge in [-0.15, -0.1) is 0 Å². The van der Waals surface area contributed by atoms with Gasteiger partial charge >= 0.3 is 0 Å². The monoisotopic (exact) mass is 312 g/mol. The van der Waals surface area contributed by atoms with E-state index in [0.717, 1.165) is 13.1 Å². The number of likely N-dealkylation sites (N-methyl/N-ethyl adjacent to an activating group) is 2. The third-order valence-electron chi connectivity index (χ3n) is 5.18. The first-order valence-corrected chi connectivity index (χ1v) is 10.0. The minimum atomic E-state index is 0.398. The highest BCUT2D eigenvalue weighted by Gasteiger charge is 2.27. The summed E-state index contributed by atoms with van der Waals surface area (Å²) in [5.41, 5.74) is 0.398.